The number of fused-ring (bicyclic) bond motifs is 1. The molecule has 0 saturated carbocycles. The van der Waals surface area contributed by atoms with Gasteiger partial charge in [0.2, 0.25) is 0 Å². The van der Waals surface area contributed by atoms with E-state index in [-0.39, 0.29) is 0 Å². The Bertz CT molecular complexity index is 376. The molecule has 0 radical (unpaired) electrons. The minimum atomic E-state index is 0.425. The van der Waals surface area contributed by atoms with Crippen molar-refractivity contribution in [2.24, 2.45) is 0 Å². The highest BCUT2D eigenvalue weighted by molar-refractivity contribution is 9.09. The van der Waals surface area contributed by atoms with Crippen LogP contribution in [0.25, 0.3) is 0 Å². The molecule has 16 heavy (non-hydrogen) atoms. The molecule has 0 heterocycles. The molecule has 0 aliphatic heterocycles. The Morgan fingerprint density at radius 3 is 2.69 bits per heavy atom. The Morgan fingerprint density at radius 2 is 2.00 bits per heavy atom. The highest BCUT2D eigenvalue weighted by Gasteiger charge is 2.20. The predicted molar refractivity (Wildman–Crippen MR) is 68.8 cm³/mol. The molecule has 0 spiro atoms. The molecule has 0 amide bonds. The lowest BCUT2D eigenvalue weighted by molar-refractivity contribution is 0.390. The van der Waals surface area contributed by atoms with E-state index in [0.717, 1.165) is 17.9 Å². The number of rotatable bonds is 2. The standard InChI is InChI=1S/C13H17BrO2/c1-15-9-7-11-10(13(8-9)16-2)5-3-4-6-12(11)14/h7-8,12H,3-6H2,1-2H3. The second-order valence-corrected chi connectivity index (χ2v) is 5.22. The summed E-state index contributed by atoms with van der Waals surface area (Å²) >= 11 is 3.75. The van der Waals surface area contributed by atoms with Crippen molar-refractivity contribution in [1.29, 1.82) is 0 Å². The fourth-order valence-electron chi connectivity index (χ4n) is 2.27. The van der Waals surface area contributed by atoms with E-state index in [0.29, 0.717) is 4.83 Å². The molecule has 2 nitrogen and oxygen atoms in total. The van der Waals surface area contributed by atoms with Gasteiger partial charge < -0.3 is 9.47 Å². The molecule has 0 bridgehead atoms. The van der Waals surface area contributed by atoms with Crippen LogP contribution in [0.2, 0.25) is 0 Å². The molecule has 0 aromatic heterocycles. The molecule has 1 aromatic carbocycles. The summed E-state index contributed by atoms with van der Waals surface area (Å²) in [5.41, 5.74) is 2.66. The van der Waals surface area contributed by atoms with Crippen LogP contribution in [0.4, 0.5) is 0 Å². The molecule has 0 saturated heterocycles. The van der Waals surface area contributed by atoms with E-state index in [1.54, 1.807) is 14.2 Å². The van der Waals surface area contributed by atoms with Gasteiger partial charge in [0, 0.05) is 10.9 Å². The van der Waals surface area contributed by atoms with Crippen molar-refractivity contribution in [2.75, 3.05) is 14.2 Å². The first kappa shape index (κ1) is 11.8. The Labute approximate surface area is 105 Å². The third kappa shape index (κ3) is 2.19. The van der Waals surface area contributed by atoms with E-state index >= 15 is 0 Å². The van der Waals surface area contributed by atoms with Gasteiger partial charge in [0.15, 0.2) is 0 Å². The number of halogens is 1. The van der Waals surface area contributed by atoms with E-state index in [2.05, 4.69) is 22.0 Å². The number of hydrogen-bond donors (Lipinski definition) is 0. The first-order valence-electron chi connectivity index (χ1n) is 5.65. The highest BCUT2D eigenvalue weighted by atomic mass is 79.9. The quantitative estimate of drug-likeness (QED) is 0.606. The van der Waals surface area contributed by atoms with Crippen LogP contribution in [0, 0.1) is 0 Å². The van der Waals surface area contributed by atoms with Crippen LogP contribution < -0.4 is 9.47 Å². The van der Waals surface area contributed by atoms with Crippen molar-refractivity contribution in [2.45, 2.75) is 30.5 Å². The van der Waals surface area contributed by atoms with Crippen LogP contribution in [0.1, 0.15) is 35.2 Å². The van der Waals surface area contributed by atoms with Gasteiger partial charge in [0.25, 0.3) is 0 Å². The molecule has 88 valence electrons. The fourth-order valence-corrected chi connectivity index (χ4v) is 3.00. The van der Waals surface area contributed by atoms with Crippen molar-refractivity contribution in [3.63, 3.8) is 0 Å². The lowest BCUT2D eigenvalue weighted by atomic mass is 10.0. The number of ether oxygens (including phenoxy) is 2. The second-order valence-electron chi connectivity index (χ2n) is 4.11. The zero-order valence-corrected chi connectivity index (χ0v) is 11.3. The van der Waals surface area contributed by atoms with Crippen molar-refractivity contribution in [1.82, 2.24) is 0 Å². The molecule has 1 unspecified atom stereocenters. The van der Waals surface area contributed by atoms with Crippen LogP contribution in [-0.4, -0.2) is 14.2 Å². The summed E-state index contributed by atoms with van der Waals surface area (Å²) < 4.78 is 10.8. The van der Waals surface area contributed by atoms with Gasteiger partial charge in [-0.1, -0.05) is 22.4 Å². The Morgan fingerprint density at radius 1 is 1.19 bits per heavy atom. The lowest BCUT2D eigenvalue weighted by Crippen LogP contribution is -1.99. The van der Waals surface area contributed by atoms with Gasteiger partial charge in [-0.15, -0.1) is 0 Å². The average Bonchev–Trinajstić information content (AvgIpc) is 2.50. The molecule has 1 aliphatic carbocycles. The van der Waals surface area contributed by atoms with Crippen molar-refractivity contribution in [3.05, 3.63) is 23.3 Å². The molecule has 1 aromatic rings. The summed E-state index contributed by atoms with van der Waals surface area (Å²) in [4.78, 5) is 0.425. The van der Waals surface area contributed by atoms with Crippen molar-refractivity contribution < 1.29 is 9.47 Å². The number of alkyl halides is 1. The molecular formula is C13H17BrO2. The van der Waals surface area contributed by atoms with Gasteiger partial charge in [-0.3, -0.25) is 0 Å². The number of methoxy groups -OCH3 is 2. The summed E-state index contributed by atoms with van der Waals surface area (Å²) in [6, 6.07) is 4.10. The maximum atomic E-state index is 5.46. The molecule has 1 atom stereocenters. The van der Waals surface area contributed by atoms with Gasteiger partial charge >= 0.3 is 0 Å². The van der Waals surface area contributed by atoms with E-state index in [4.69, 9.17) is 9.47 Å². The molecule has 0 fully saturated rings. The summed E-state index contributed by atoms with van der Waals surface area (Å²) in [5.74, 6) is 1.84. The molecule has 3 heteroatoms. The van der Waals surface area contributed by atoms with Gasteiger partial charge in [-0.2, -0.15) is 0 Å². The predicted octanol–water partition coefficient (Wildman–Crippen LogP) is 3.87. The monoisotopic (exact) mass is 284 g/mol. The summed E-state index contributed by atoms with van der Waals surface area (Å²) in [6.45, 7) is 0. The molecule has 0 N–H and O–H groups in total. The smallest absolute Gasteiger partial charge is 0.126 e. The van der Waals surface area contributed by atoms with Crippen molar-refractivity contribution in [3.8, 4) is 11.5 Å². The first-order valence-corrected chi connectivity index (χ1v) is 6.56. The van der Waals surface area contributed by atoms with Gasteiger partial charge in [0.05, 0.1) is 14.2 Å². The number of hydrogen-bond acceptors (Lipinski definition) is 2. The second kappa shape index (κ2) is 5.09. The summed E-state index contributed by atoms with van der Waals surface area (Å²) in [5, 5.41) is 0. The minimum Gasteiger partial charge on any atom is -0.497 e. The first-order chi connectivity index (χ1) is 7.76. The van der Waals surface area contributed by atoms with Gasteiger partial charge in [-0.25, -0.2) is 0 Å². The van der Waals surface area contributed by atoms with Crippen LogP contribution in [0.3, 0.4) is 0 Å². The normalized spacial score (nSPS) is 19.8. The maximum Gasteiger partial charge on any atom is 0.126 e. The largest absolute Gasteiger partial charge is 0.497 e. The lowest BCUT2D eigenvalue weighted by Gasteiger charge is -2.16. The third-order valence-corrected chi connectivity index (χ3v) is 4.10. The zero-order chi connectivity index (χ0) is 11.5. The maximum absolute atomic E-state index is 5.46. The van der Waals surface area contributed by atoms with Crippen molar-refractivity contribution >= 4 is 15.9 Å². The average molecular weight is 285 g/mol. The number of benzene rings is 1. The van der Waals surface area contributed by atoms with E-state index in [1.165, 1.54) is 30.4 Å². The zero-order valence-electron chi connectivity index (χ0n) is 9.75. The Kier molecular flexibility index (Phi) is 3.74. The minimum absolute atomic E-state index is 0.425. The Balaban J connectivity index is 2.51. The summed E-state index contributed by atoms with van der Waals surface area (Å²) in [7, 11) is 3.42. The van der Waals surface area contributed by atoms with E-state index in [1.807, 2.05) is 6.07 Å². The van der Waals surface area contributed by atoms with Gasteiger partial charge in [-0.05, 0) is 36.5 Å². The summed E-state index contributed by atoms with van der Waals surface area (Å²) in [6.07, 6.45) is 4.78. The van der Waals surface area contributed by atoms with Crippen LogP contribution in [0.5, 0.6) is 11.5 Å². The fraction of sp³-hybridized carbons (Fsp3) is 0.538. The Hall–Kier alpha value is -0.700. The van der Waals surface area contributed by atoms with Crippen LogP contribution in [-0.2, 0) is 6.42 Å². The van der Waals surface area contributed by atoms with E-state index < -0.39 is 0 Å². The van der Waals surface area contributed by atoms with Crippen LogP contribution in [0.15, 0.2) is 12.1 Å². The van der Waals surface area contributed by atoms with Crippen LogP contribution >= 0.6 is 15.9 Å². The topological polar surface area (TPSA) is 18.5 Å². The SMILES string of the molecule is COc1cc(OC)c2c(c1)C(Br)CCCC2. The van der Waals surface area contributed by atoms with Gasteiger partial charge in [0.1, 0.15) is 11.5 Å². The third-order valence-electron chi connectivity index (χ3n) is 3.14. The molecule has 2 rings (SSSR count). The molecule has 1 aliphatic rings. The highest BCUT2D eigenvalue weighted by Crippen LogP contribution is 2.41. The van der Waals surface area contributed by atoms with E-state index in [9.17, 15) is 0 Å². The molecular weight excluding hydrogens is 268 g/mol.